The Kier molecular flexibility index (Phi) is 4.78. The maximum absolute atomic E-state index is 12.8. The minimum atomic E-state index is -5.05. The molecule has 0 spiro atoms. The zero-order chi connectivity index (χ0) is 15.4. The van der Waals surface area contributed by atoms with E-state index < -0.39 is 43.1 Å². The summed E-state index contributed by atoms with van der Waals surface area (Å²) in [5.74, 6) is 0. The van der Waals surface area contributed by atoms with Crippen molar-refractivity contribution in [2.75, 3.05) is 13.1 Å². The van der Waals surface area contributed by atoms with Crippen molar-refractivity contribution >= 4 is 20.2 Å². The van der Waals surface area contributed by atoms with Gasteiger partial charge >= 0.3 is 10.2 Å². The van der Waals surface area contributed by atoms with E-state index in [2.05, 4.69) is 0 Å². The molecule has 1 aromatic rings. The number of nitriles is 2. The smallest absolute Gasteiger partial charge is 0.207 e. The molecule has 0 aliphatic carbocycles. The van der Waals surface area contributed by atoms with Crippen molar-refractivity contribution in [3.63, 3.8) is 0 Å². The van der Waals surface area contributed by atoms with Gasteiger partial charge in [-0.15, -0.1) is 3.89 Å². The number of benzene rings is 1. The fourth-order valence-corrected chi connectivity index (χ4v) is 3.18. The number of sulfonamides is 1. The van der Waals surface area contributed by atoms with Crippen LogP contribution in [0.4, 0.5) is 3.89 Å². The first-order valence-electron chi connectivity index (χ1n) is 5.02. The van der Waals surface area contributed by atoms with Crippen molar-refractivity contribution in [1.82, 2.24) is 4.31 Å². The first kappa shape index (κ1) is 16.0. The summed E-state index contributed by atoms with van der Waals surface area (Å²) in [6.07, 6.45) is 0. The van der Waals surface area contributed by atoms with Gasteiger partial charge in [0.25, 0.3) is 0 Å². The molecule has 1 aromatic carbocycles. The van der Waals surface area contributed by atoms with E-state index in [-0.39, 0.29) is 0 Å². The first-order valence-corrected chi connectivity index (χ1v) is 7.84. The van der Waals surface area contributed by atoms with Crippen LogP contribution in [0.2, 0.25) is 0 Å². The Hall–Kier alpha value is -2.01. The summed E-state index contributed by atoms with van der Waals surface area (Å²) >= 11 is 0. The van der Waals surface area contributed by atoms with E-state index in [1.165, 1.54) is 0 Å². The van der Waals surface area contributed by atoms with Gasteiger partial charge in [-0.05, 0) is 18.2 Å². The van der Waals surface area contributed by atoms with Crippen molar-refractivity contribution in [1.29, 1.82) is 10.5 Å². The third-order valence-electron chi connectivity index (χ3n) is 2.22. The highest BCUT2D eigenvalue weighted by Gasteiger charge is 2.25. The standard InChI is InChI=1S/C10H8FN3O4S2/c11-19(15,16)9-2-1-3-10(8-9)20(17,18)14(6-4-12)7-5-13/h1-3,8H,6-7H2. The van der Waals surface area contributed by atoms with Crippen LogP contribution in [0.1, 0.15) is 0 Å². The van der Waals surface area contributed by atoms with Gasteiger partial charge in [0, 0.05) is 0 Å². The molecule has 0 aliphatic rings. The van der Waals surface area contributed by atoms with Crippen molar-refractivity contribution < 1.29 is 20.7 Å². The SMILES string of the molecule is N#CCN(CC#N)S(=O)(=O)c1cccc(S(=O)(=O)F)c1. The van der Waals surface area contributed by atoms with Crippen molar-refractivity contribution in [3.05, 3.63) is 24.3 Å². The van der Waals surface area contributed by atoms with Gasteiger partial charge in [-0.25, -0.2) is 8.42 Å². The normalized spacial score (nSPS) is 11.8. The van der Waals surface area contributed by atoms with Gasteiger partial charge in [0.1, 0.15) is 13.1 Å². The summed E-state index contributed by atoms with van der Waals surface area (Å²) in [4.78, 5) is -1.32. The lowest BCUT2D eigenvalue weighted by atomic mass is 10.4. The van der Waals surface area contributed by atoms with E-state index in [0.717, 1.165) is 18.2 Å². The van der Waals surface area contributed by atoms with E-state index in [0.29, 0.717) is 10.4 Å². The molecule has 0 bridgehead atoms. The Bertz CT molecular complexity index is 775. The second kappa shape index (κ2) is 5.96. The topological polar surface area (TPSA) is 119 Å². The molecular formula is C10H8FN3O4S2. The second-order valence-electron chi connectivity index (χ2n) is 3.50. The zero-order valence-electron chi connectivity index (χ0n) is 9.89. The van der Waals surface area contributed by atoms with E-state index in [1.54, 1.807) is 12.1 Å². The summed E-state index contributed by atoms with van der Waals surface area (Å²) in [6, 6.07) is 6.78. The summed E-state index contributed by atoms with van der Waals surface area (Å²) in [7, 11) is -9.30. The molecule has 0 saturated carbocycles. The van der Waals surface area contributed by atoms with Crippen LogP contribution in [0.15, 0.2) is 34.1 Å². The van der Waals surface area contributed by atoms with Gasteiger partial charge < -0.3 is 0 Å². The fraction of sp³-hybridized carbons (Fsp3) is 0.200. The Morgan fingerprint density at radius 3 is 2.00 bits per heavy atom. The maximum Gasteiger partial charge on any atom is 0.332 e. The maximum atomic E-state index is 12.8. The Labute approximate surface area is 115 Å². The molecule has 0 aromatic heterocycles. The van der Waals surface area contributed by atoms with Crippen LogP contribution in [-0.4, -0.2) is 34.2 Å². The number of hydrogen-bond acceptors (Lipinski definition) is 6. The molecule has 0 N–H and O–H groups in total. The molecule has 0 saturated heterocycles. The number of nitrogens with zero attached hydrogens (tertiary/aromatic N) is 3. The third-order valence-corrected chi connectivity index (χ3v) is 4.82. The largest absolute Gasteiger partial charge is 0.332 e. The molecule has 0 atom stereocenters. The van der Waals surface area contributed by atoms with Gasteiger partial charge in [-0.1, -0.05) is 6.07 Å². The molecule has 0 fully saturated rings. The molecule has 20 heavy (non-hydrogen) atoms. The van der Waals surface area contributed by atoms with Crippen LogP contribution in [0, 0.1) is 22.7 Å². The molecule has 106 valence electrons. The number of hydrogen-bond donors (Lipinski definition) is 0. The Morgan fingerprint density at radius 2 is 1.55 bits per heavy atom. The molecule has 1 rings (SSSR count). The van der Waals surface area contributed by atoms with Crippen molar-refractivity contribution in [2.45, 2.75) is 9.79 Å². The minimum Gasteiger partial charge on any atom is -0.207 e. The average Bonchev–Trinajstić information content (AvgIpc) is 2.37. The van der Waals surface area contributed by atoms with Crippen molar-refractivity contribution in [3.8, 4) is 12.1 Å². The molecule has 7 nitrogen and oxygen atoms in total. The minimum absolute atomic E-state index is 0.512. The molecule has 0 aliphatic heterocycles. The molecule has 0 amide bonds. The lowest BCUT2D eigenvalue weighted by Crippen LogP contribution is -2.31. The lowest BCUT2D eigenvalue weighted by molar-refractivity contribution is 0.479. The molecular weight excluding hydrogens is 309 g/mol. The van der Waals surface area contributed by atoms with Gasteiger partial charge in [0.05, 0.1) is 21.9 Å². The van der Waals surface area contributed by atoms with Crippen LogP contribution >= 0.6 is 0 Å². The second-order valence-corrected chi connectivity index (χ2v) is 6.79. The number of halogens is 1. The van der Waals surface area contributed by atoms with Crippen LogP contribution < -0.4 is 0 Å². The Balaban J connectivity index is 3.36. The van der Waals surface area contributed by atoms with E-state index >= 15 is 0 Å². The van der Waals surface area contributed by atoms with Crippen LogP contribution in [-0.2, 0) is 20.2 Å². The Morgan fingerprint density at radius 1 is 1.05 bits per heavy atom. The van der Waals surface area contributed by atoms with Crippen LogP contribution in [0.5, 0.6) is 0 Å². The van der Waals surface area contributed by atoms with E-state index in [4.69, 9.17) is 10.5 Å². The fourth-order valence-electron chi connectivity index (χ4n) is 1.32. The third kappa shape index (κ3) is 3.51. The molecule has 0 heterocycles. The predicted octanol–water partition coefficient (Wildman–Crippen LogP) is 0.383. The van der Waals surface area contributed by atoms with Gasteiger partial charge in [0.15, 0.2) is 0 Å². The summed E-state index contributed by atoms with van der Waals surface area (Å²) < 4.78 is 59.1. The summed E-state index contributed by atoms with van der Waals surface area (Å²) in [5.41, 5.74) is 0. The molecule has 0 unspecified atom stereocenters. The predicted molar refractivity (Wildman–Crippen MR) is 64.7 cm³/mol. The summed E-state index contributed by atoms with van der Waals surface area (Å²) in [6.45, 7) is -1.16. The highest BCUT2D eigenvalue weighted by molar-refractivity contribution is 7.89. The monoisotopic (exact) mass is 317 g/mol. The quantitative estimate of drug-likeness (QED) is 0.572. The number of rotatable bonds is 5. The lowest BCUT2D eigenvalue weighted by Gasteiger charge is -2.15. The highest BCUT2D eigenvalue weighted by atomic mass is 32.3. The average molecular weight is 317 g/mol. The zero-order valence-corrected chi connectivity index (χ0v) is 11.5. The van der Waals surface area contributed by atoms with Gasteiger partial charge in [0.2, 0.25) is 10.0 Å². The van der Waals surface area contributed by atoms with E-state index in [1.807, 2.05) is 0 Å². The van der Waals surface area contributed by atoms with Crippen LogP contribution in [0.25, 0.3) is 0 Å². The van der Waals surface area contributed by atoms with E-state index in [9.17, 15) is 20.7 Å². The highest BCUT2D eigenvalue weighted by Crippen LogP contribution is 2.20. The van der Waals surface area contributed by atoms with Crippen molar-refractivity contribution in [2.24, 2.45) is 0 Å². The van der Waals surface area contributed by atoms with Gasteiger partial charge in [-0.2, -0.15) is 23.2 Å². The summed E-state index contributed by atoms with van der Waals surface area (Å²) in [5, 5.41) is 17.1. The first-order chi connectivity index (χ1) is 9.23. The molecule has 10 heteroatoms. The van der Waals surface area contributed by atoms with Crippen LogP contribution in [0.3, 0.4) is 0 Å². The molecule has 0 radical (unpaired) electrons. The van der Waals surface area contributed by atoms with Gasteiger partial charge in [-0.3, -0.25) is 0 Å².